The van der Waals surface area contributed by atoms with Crippen molar-refractivity contribution < 1.29 is 18.3 Å². The second-order valence-electron chi connectivity index (χ2n) is 5.38. The first-order valence-corrected chi connectivity index (χ1v) is 5.85. The monoisotopic (exact) mass is 237 g/mol. The maximum Gasteiger partial charge on any atom is 0.391 e. The molecule has 2 atom stereocenters. The fourth-order valence-corrected chi connectivity index (χ4v) is 3.01. The van der Waals surface area contributed by atoms with Crippen molar-refractivity contribution in [3.63, 3.8) is 0 Å². The van der Waals surface area contributed by atoms with Crippen LogP contribution in [0.25, 0.3) is 0 Å². The van der Waals surface area contributed by atoms with E-state index in [0.717, 1.165) is 6.42 Å². The minimum atomic E-state index is -4.20. The molecule has 0 saturated heterocycles. The van der Waals surface area contributed by atoms with E-state index in [1.807, 2.05) is 0 Å². The molecule has 0 spiro atoms. The number of rotatable bonds is 1. The Morgan fingerprint density at radius 1 is 1.12 bits per heavy atom. The van der Waals surface area contributed by atoms with Gasteiger partial charge in [0.25, 0.3) is 0 Å². The molecule has 2 saturated carbocycles. The van der Waals surface area contributed by atoms with Gasteiger partial charge in [-0.2, -0.15) is 13.2 Å². The molecule has 0 bridgehead atoms. The summed E-state index contributed by atoms with van der Waals surface area (Å²) in [5.74, 6) is -1.38. The molecule has 2 unspecified atom stereocenters. The van der Waals surface area contributed by atoms with Crippen molar-refractivity contribution in [1.29, 1.82) is 0 Å². The molecule has 5 heteroatoms. The molecule has 2 nitrogen and oxygen atoms in total. The van der Waals surface area contributed by atoms with Crippen LogP contribution in [0, 0.1) is 5.92 Å². The summed E-state index contributed by atoms with van der Waals surface area (Å²) in [6, 6.07) is 0. The zero-order valence-corrected chi connectivity index (χ0v) is 9.19. The van der Waals surface area contributed by atoms with Crippen molar-refractivity contribution in [1.82, 2.24) is 0 Å². The largest absolute Gasteiger partial charge is 0.391 e. The first-order valence-electron chi connectivity index (χ1n) is 5.85. The fraction of sp³-hybridized carbons (Fsp3) is 1.00. The lowest BCUT2D eigenvalue weighted by molar-refractivity contribution is -0.213. The van der Waals surface area contributed by atoms with Gasteiger partial charge in [-0.1, -0.05) is 0 Å². The molecule has 0 heterocycles. The Labute approximate surface area is 93.0 Å². The van der Waals surface area contributed by atoms with E-state index in [4.69, 9.17) is 5.73 Å². The van der Waals surface area contributed by atoms with Gasteiger partial charge in [0.15, 0.2) is 0 Å². The number of halogens is 3. The van der Waals surface area contributed by atoms with Crippen LogP contribution in [0.3, 0.4) is 0 Å². The Balaban J connectivity index is 2.11. The van der Waals surface area contributed by atoms with E-state index in [1.165, 1.54) is 0 Å². The third-order valence-electron chi connectivity index (χ3n) is 4.36. The third kappa shape index (κ3) is 1.84. The van der Waals surface area contributed by atoms with Gasteiger partial charge in [-0.05, 0) is 44.9 Å². The molecule has 0 radical (unpaired) electrons. The van der Waals surface area contributed by atoms with Gasteiger partial charge in [0.1, 0.15) is 0 Å². The van der Waals surface area contributed by atoms with Crippen molar-refractivity contribution in [2.75, 3.05) is 0 Å². The van der Waals surface area contributed by atoms with Crippen LogP contribution in [0.1, 0.15) is 44.9 Å². The molecule has 2 fully saturated rings. The highest BCUT2D eigenvalue weighted by Gasteiger charge is 2.56. The molecule has 0 aromatic heterocycles. The topological polar surface area (TPSA) is 46.2 Å². The van der Waals surface area contributed by atoms with E-state index in [1.54, 1.807) is 0 Å². The second-order valence-corrected chi connectivity index (χ2v) is 5.38. The van der Waals surface area contributed by atoms with Crippen LogP contribution in [-0.4, -0.2) is 22.4 Å². The highest BCUT2D eigenvalue weighted by atomic mass is 19.4. The Bertz CT molecular complexity index is 275. The molecule has 2 aliphatic carbocycles. The maximum absolute atomic E-state index is 12.6. The molecule has 16 heavy (non-hydrogen) atoms. The Hall–Kier alpha value is -0.290. The second kappa shape index (κ2) is 3.60. The van der Waals surface area contributed by atoms with E-state index >= 15 is 0 Å². The summed E-state index contributed by atoms with van der Waals surface area (Å²) >= 11 is 0. The Morgan fingerprint density at radius 3 is 2.19 bits per heavy atom. The summed E-state index contributed by atoms with van der Waals surface area (Å²) in [4.78, 5) is 0. The summed E-state index contributed by atoms with van der Waals surface area (Å²) < 4.78 is 37.9. The van der Waals surface area contributed by atoms with E-state index < -0.39 is 23.2 Å². The summed E-state index contributed by atoms with van der Waals surface area (Å²) in [5.41, 5.74) is 3.93. The molecule has 0 aliphatic heterocycles. The average Bonchev–Trinajstić information content (AvgIpc) is 2.12. The van der Waals surface area contributed by atoms with E-state index in [0.29, 0.717) is 25.7 Å². The lowest BCUT2D eigenvalue weighted by atomic mass is 9.59. The van der Waals surface area contributed by atoms with Crippen molar-refractivity contribution in [2.45, 2.75) is 62.3 Å². The van der Waals surface area contributed by atoms with E-state index in [-0.39, 0.29) is 12.8 Å². The zero-order chi connectivity index (χ0) is 12.0. The lowest BCUT2D eigenvalue weighted by Crippen LogP contribution is -2.66. The Kier molecular flexibility index (Phi) is 2.74. The molecule has 0 aromatic carbocycles. The average molecular weight is 237 g/mol. The first-order chi connectivity index (χ1) is 7.27. The molecular formula is C11H18F3NO. The third-order valence-corrected chi connectivity index (χ3v) is 4.36. The zero-order valence-electron chi connectivity index (χ0n) is 9.19. The van der Waals surface area contributed by atoms with Gasteiger partial charge in [-0.25, -0.2) is 0 Å². The number of hydrogen-bond donors (Lipinski definition) is 2. The van der Waals surface area contributed by atoms with Crippen LogP contribution in [-0.2, 0) is 0 Å². The van der Waals surface area contributed by atoms with Gasteiger partial charge in [-0.15, -0.1) is 0 Å². The van der Waals surface area contributed by atoms with E-state index in [9.17, 15) is 18.3 Å². The molecule has 0 amide bonds. The molecule has 0 aromatic rings. The smallest absolute Gasteiger partial charge is 0.388 e. The van der Waals surface area contributed by atoms with Gasteiger partial charge >= 0.3 is 6.18 Å². The van der Waals surface area contributed by atoms with Gasteiger partial charge in [0, 0.05) is 5.54 Å². The van der Waals surface area contributed by atoms with Crippen molar-refractivity contribution in [3.8, 4) is 0 Å². The lowest BCUT2D eigenvalue weighted by Gasteiger charge is -2.54. The van der Waals surface area contributed by atoms with Crippen LogP contribution < -0.4 is 5.73 Å². The van der Waals surface area contributed by atoms with Gasteiger partial charge in [0.2, 0.25) is 0 Å². The van der Waals surface area contributed by atoms with E-state index in [2.05, 4.69) is 0 Å². The highest BCUT2D eigenvalue weighted by Crippen LogP contribution is 2.50. The van der Waals surface area contributed by atoms with Gasteiger partial charge in [-0.3, -0.25) is 0 Å². The minimum Gasteiger partial charge on any atom is -0.388 e. The van der Waals surface area contributed by atoms with Gasteiger partial charge < -0.3 is 10.8 Å². The van der Waals surface area contributed by atoms with Gasteiger partial charge in [0.05, 0.1) is 11.5 Å². The number of hydrogen-bond acceptors (Lipinski definition) is 2. The molecule has 94 valence electrons. The molecule has 2 aliphatic rings. The fourth-order valence-electron chi connectivity index (χ4n) is 3.01. The van der Waals surface area contributed by atoms with Crippen molar-refractivity contribution in [3.05, 3.63) is 0 Å². The number of alkyl halides is 3. The van der Waals surface area contributed by atoms with Crippen LogP contribution in [0.4, 0.5) is 13.2 Å². The predicted molar refractivity (Wildman–Crippen MR) is 53.7 cm³/mol. The predicted octanol–water partition coefficient (Wildman–Crippen LogP) is 2.35. The van der Waals surface area contributed by atoms with Crippen LogP contribution in [0.15, 0.2) is 0 Å². The van der Waals surface area contributed by atoms with Crippen LogP contribution >= 0.6 is 0 Å². The van der Waals surface area contributed by atoms with Crippen LogP contribution in [0.5, 0.6) is 0 Å². The number of nitrogens with two attached hydrogens (primary N) is 1. The Morgan fingerprint density at radius 2 is 1.75 bits per heavy atom. The minimum absolute atomic E-state index is 0.127. The highest BCUT2D eigenvalue weighted by molar-refractivity contribution is 5.10. The molecule has 2 rings (SSSR count). The summed E-state index contributed by atoms with van der Waals surface area (Å²) in [6.45, 7) is 0. The summed E-state index contributed by atoms with van der Waals surface area (Å²) in [7, 11) is 0. The maximum atomic E-state index is 12.6. The van der Waals surface area contributed by atoms with Crippen molar-refractivity contribution in [2.24, 2.45) is 11.7 Å². The summed E-state index contributed by atoms with van der Waals surface area (Å²) in [6.07, 6.45) is -1.25. The summed E-state index contributed by atoms with van der Waals surface area (Å²) in [5, 5.41) is 10.4. The van der Waals surface area contributed by atoms with Crippen LogP contribution in [0.2, 0.25) is 0 Å². The standard InChI is InChI=1S/C11H18F3NO/c12-11(13,14)8-3-1-6-10(16,7-8)9(15)4-2-5-9/h8,16H,1-7,15H2. The quantitative estimate of drug-likeness (QED) is 0.735. The first kappa shape index (κ1) is 12.2. The molecular weight excluding hydrogens is 219 g/mol. The van der Waals surface area contributed by atoms with Crippen molar-refractivity contribution >= 4 is 0 Å². The SMILES string of the molecule is NC1(C2(O)CCCC(C(F)(F)F)C2)CCC1. The molecule has 3 N–H and O–H groups in total. The normalized spacial score (nSPS) is 39.2. The number of aliphatic hydroxyl groups is 1.